The van der Waals surface area contributed by atoms with Gasteiger partial charge in [-0.3, -0.25) is 4.21 Å². The minimum absolute atomic E-state index is 0. The van der Waals surface area contributed by atoms with Crippen LogP contribution in [0, 0.1) is 0 Å². The number of carbonyl (C=O) groups is 2. The van der Waals surface area contributed by atoms with Gasteiger partial charge in [0.15, 0.2) is 0 Å². The van der Waals surface area contributed by atoms with E-state index in [-0.39, 0.29) is 44.2 Å². The van der Waals surface area contributed by atoms with Crippen molar-refractivity contribution in [3.05, 3.63) is 15.8 Å². The van der Waals surface area contributed by atoms with Crippen molar-refractivity contribution in [2.24, 2.45) is 0 Å². The van der Waals surface area contributed by atoms with Crippen molar-refractivity contribution in [1.82, 2.24) is 0 Å². The molecule has 0 bridgehead atoms. The Hall–Kier alpha value is -0.250. The van der Waals surface area contributed by atoms with Gasteiger partial charge in [0.25, 0.3) is 0 Å². The number of methoxy groups -OCH3 is 2. The number of carbonyl (C=O) groups excluding carboxylic acids is 2. The number of esters is 2. The van der Waals surface area contributed by atoms with Gasteiger partial charge < -0.3 is 14.0 Å². The Morgan fingerprint density at radius 1 is 1.29 bits per heavy atom. The van der Waals surface area contributed by atoms with E-state index >= 15 is 0 Å². The molecule has 1 rings (SSSR count). The van der Waals surface area contributed by atoms with Gasteiger partial charge in [0.2, 0.25) is 0 Å². The van der Waals surface area contributed by atoms with Gasteiger partial charge in [-0.1, -0.05) is 0 Å². The predicted molar refractivity (Wildman–Crippen MR) is 54.2 cm³/mol. The summed E-state index contributed by atoms with van der Waals surface area (Å²) >= 11 is -1.90. The summed E-state index contributed by atoms with van der Waals surface area (Å²) in [4.78, 5) is 22.0. The summed E-state index contributed by atoms with van der Waals surface area (Å²) < 4.78 is 30.4. The van der Waals surface area contributed by atoms with Crippen molar-refractivity contribution in [3.8, 4) is 0 Å². The first-order valence-electron chi connectivity index (χ1n) is 3.91. The minimum Gasteiger partial charge on any atom is -0.768 e. The fraction of sp³-hybridized carbons (Fsp3) is 0.250. The standard InChI is InChI=1S/C8H8O6S2.Na/c1-13-7(9)4-3-5(16(11)12)6(15-4)8(10)14-2;/h3H,1-2H3,(H,11,12);/q;+1/p-1. The molecule has 9 heteroatoms. The van der Waals surface area contributed by atoms with E-state index in [0.717, 1.165) is 20.3 Å². The van der Waals surface area contributed by atoms with Gasteiger partial charge in [-0.15, -0.1) is 11.3 Å². The number of ether oxygens (including phenoxy) is 2. The zero-order valence-corrected chi connectivity index (χ0v) is 13.0. The fourth-order valence-corrected chi connectivity index (χ4v) is 2.68. The van der Waals surface area contributed by atoms with Crippen LogP contribution in [0.4, 0.5) is 0 Å². The van der Waals surface area contributed by atoms with Crippen LogP contribution < -0.4 is 29.6 Å². The van der Waals surface area contributed by atoms with E-state index in [1.54, 1.807) is 0 Å². The second-order valence-electron chi connectivity index (χ2n) is 2.52. The third-order valence-electron chi connectivity index (χ3n) is 1.63. The summed E-state index contributed by atoms with van der Waals surface area (Å²) in [6, 6.07) is 1.08. The first kappa shape index (κ1) is 16.8. The molecule has 0 aliphatic rings. The predicted octanol–water partition coefficient (Wildman–Crippen LogP) is -2.44. The first-order valence-corrected chi connectivity index (χ1v) is 5.80. The van der Waals surface area contributed by atoms with Gasteiger partial charge in [0, 0.05) is 0 Å². The molecule has 0 N–H and O–H groups in total. The molecule has 1 aromatic heterocycles. The van der Waals surface area contributed by atoms with E-state index in [1.807, 2.05) is 0 Å². The summed E-state index contributed by atoms with van der Waals surface area (Å²) in [5.74, 6) is -1.51. The van der Waals surface area contributed by atoms with E-state index in [0.29, 0.717) is 11.3 Å². The molecular weight excluding hydrogens is 279 g/mol. The number of rotatable bonds is 3. The third kappa shape index (κ3) is 3.87. The Kier molecular flexibility index (Phi) is 7.14. The monoisotopic (exact) mass is 286 g/mol. The second-order valence-corrected chi connectivity index (χ2v) is 4.48. The van der Waals surface area contributed by atoms with Gasteiger partial charge in [-0.25, -0.2) is 9.59 Å². The molecule has 0 fully saturated rings. The van der Waals surface area contributed by atoms with Crippen LogP contribution in [0.15, 0.2) is 11.0 Å². The molecule has 0 radical (unpaired) electrons. The fourth-order valence-electron chi connectivity index (χ4n) is 0.934. The maximum atomic E-state index is 11.2. The molecule has 0 aliphatic carbocycles. The Labute approximate surface area is 126 Å². The molecule has 1 aromatic rings. The molecule has 0 saturated heterocycles. The van der Waals surface area contributed by atoms with Gasteiger partial charge >= 0.3 is 41.5 Å². The van der Waals surface area contributed by atoms with Crippen LogP contribution >= 0.6 is 11.3 Å². The Bertz CT molecular complexity index is 455. The average molecular weight is 286 g/mol. The zero-order valence-electron chi connectivity index (χ0n) is 9.34. The number of hydrogen-bond donors (Lipinski definition) is 0. The second kappa shape index (κ2) is 7.24. The van der Waals surface area contributed by atoms with Gasteiger partial charge in [-0.2, -0.15) is 0 Å². The molecule has 0 aromatic carbocycles. The van der Waals surface area contributed by atoms with E-state index < -0.39 is 23.0 Å². The largest absolute Gasteiger partial charge is 1.00 e. The summed E-state index contributed by atoms with van der Waals surface area (Å²) in [5.41, 5.74) is 0. The zero-order chi connectivity index (χ0) is 12.3. The van der Waals surface area contributed by atoms with Gasteiger partial charge in [0.1, 0.15) is 9.75 Å². The van der Waals surface area contributed by atoms with Crippen LogP contribution in [0.3, 0.4) is 0 Å². The molecule has 0 spiro atoms. The molecule has 1 atom stereocenters. The Balaban J connectivity index is 0.00000256. The molecule has 0 saturated carbocycles. The maximum Gasteiger partial charge on any atom is 1.00 e. The molecule has 88 valence electrons. The number of thiophene rings is 1. The molecule has 1 heterocycles. The maximum absolute atomic E-state index is 11.2. The Morgan fingerprint density at radius 2 is 1.82 bits per heavy atom. The quantitative estimate of drug-likeness (QED) is 0.348. The normalized spacial score (nSPS) is 11.2. The van der Waals surface area contributed by atoms with Gasteiger partial charge in [-0.05, 0) is 17.1 Å². The van der Waals surface area contributed by atoms with Crippen LogP contribution in [-0.2, 0) is 20.6 Å². The molecule has 0 aliphatic heterocycles. The van der Waals surface area contributed by atoms with Crippen LogP contribution in [0.25, 0.3) is 0 Å². The van der Waals surface area contributed by atoms with Crippen LogP contribution in [0.1, 0.15) is 19.3 Å². The SMILES string of the molecule is COC(=O)c1cc(S(=O)[O-])c(C(=O)OC)s1.[Na+]. The summed E-state index contributed by atoms with van der Waals surface area (Å²) in [7, 11) is 2.28. The summed E-state index contributed by atoms with van der Waals surface area (Å²) in [5, 5.41) is 0. The van der Waals surface area contributed by atoms with Gasteiger partial charge in [0.05, 0.1) is 19.1 Å². The summed E-state index contributed by atoms with van der Waals surface area (Å²) in [6.45, 7) is 0. The van der Waals surface area contributed by atoms with Crippen molar-refractivity contribution >= 4 is 34.4 Å². The van der Waals surface area contributed by atoms with Crippen molar-refractivity contribution < 1.29 is 57.4 Å². The van der Waals surface area contributed by atoms with Crippen molar-refractivity contribution in [2.75, 3.05) is 14.2 Å². The van der Waals surface area contributed by atoms with Crippen molar-refractivity contribution in [3.63, 3.8) is 0 Å². The Morgan fingerprint density at radius 3 is 2.24 bits per heavy atom. The molecule has 17 heavy (non-hydrogen) atoms. The van der Waals surface area contributed by atoms with Crippen molar-refractivity contribution in [1.29, 1.82) is 0 Å². The topological polar surface area (TPSA) is 92.7 Å². The molecule has 1 unspecified atom stereocenters. The number of hydrogen-bond acceptors (Lipinski definition) is 7. The van der Waals surface area contributed by atoms with E-state index in [9.17, 15) is 18.4 Å². The van der Waals surface area contributed by atoms with E-state index in [1.165, 1.54) is 0 Å². The molecule has 0 amide bonds. The summed E-state index contributed by atoms with van der Waals surface area (Å²) in [6.07, 6.45) is 0. The first-order chi connectivity index (χ1) is 7.51. The van der Waals surface area contributed by atoms with Crippen LogP contribution in [0.2, 0.25) is 0 Å². The molecular formula is C8H7NaO6S2. The van der Waals surface area contributed by atoms with Crippen LogP contribution in [-0.4, -0.2) is 34.9 Å². The smallest absolute Gasteiger partial charge is 0.768 e. The minimum atomic E-state index is -2.61. The molecule has 6 nitrogen and oxygen atoms in total. The van der Waals surface area contributed by atoms with E-state index in [2.05, 4.69) is 9.47 Å². The average Bonchev–Trinajstić information content (AvgIpc) is 2.71. The van der Waals surface area contributed by atoms with Crippen molar-refractivity contribution in [2.45, 2.75) is 4.90 Å². The third-order valence-corrected chi connectivity index (χ3v) is 3.54. The van der Waals surface area contributed by atoms with E-state index in [4.69, 9.17) is 0 Å². The van der Waals surface area contributed by atoms with Crippen LogP contribution in [0.5, 0.6) is 0 Å².